The van der Waals surface area contributed by atoms with Crippen LogP contribution in [0.1, 0.15) is 29.7 Å². The van der Waals surface area contributed by atoms with E-state index in [4.69, 9.17) is 12.2 Å². The molecule has 0 spiro atoms. The fraction of sp³-hybridized carbons (Fsp3) is 0.154. The van der Waals surface area contributed by atoms with Gasteiger partial charge in [0, 0.05) is 5.56 Å². The lowest BCUT2D eigenvalue weighted by Crippen LogP contribution is -2.34. The molecule has 0 radical (unpaired) electrons. The van der Waals surface area contributed by atoms with E-state index in [9.17, 15) is 13.2 Å². The van der Waals surface area contributed by atoms with E-state index < -0.39 is 6.36 Å². The molecule has 1 heterocycles. The molecule has 0 aliphatic carbocycles. The summed E-state index contributed by atoms with van der Waals surface area (Å²) in [5.41, 5.74) is 7.29. The Morgan fingerprint density at radius 2 is 1.70 bits per heavy atom. The van der Waals surface area contributed by atoms with Gasteiger partial charge < -0.3 is 10.1 Å². The standard InChI is InChI=1S/C26H23F3N6OS/c1-17-3-7-20(8-4-17)18(2)32-25(37)33-31-15-19-5-9-21(10-6-19)24-30-16-35(34-24)22-11-13-23(14-12-22)36-26(27,28)29/h3-16,18H,1-2H3,(H2,32,33,37)/b31-15+. The third-order valence-electron chi connectivity index (χ3n) is 5.30. The fourth-order valence-electron chi connectivity index (χ4n) is 3.37. The van der Waals surface area contributed by atoms with E-state index in [0.29, 0.717) is 16.6 Å². The summed E-state index contributed by atoms with van der Waals surface area (Å²) in [7, 11) is 0. The number of nitrogens with one attached hydrogen (secondary N) is 2. The third-order valence-corrected chi connectivity index (χ3v) is 5.51. The highest BCUT2D eigenvalue weighted by Gasteiger charge is 2.31. The van der Waals surface area contributed by atoms with Gasteiger partial charge in [-0.2, -0.15) is 5.10 Å². The van der Waals surface area contributed by atoms with Crippen molar-refractivity contribution in [2.24, 2.45) is 5.10 Å². The van der Waals surface area contributed by atoms with Gasteiger partial charge in [0.1, 0.15) is 12.1 Å². The molecule has 0 amide bonds. The molecule has 3 aromatic carbocycles. The predicted octanol–water partition coefficient (Wildman–Crippen LogP) is 5.70. The zero-order valence-corrected chi connectivity index (χ0v) is 20.7. The number of halogens is 3. The Morgan fingerprint density at radius 1 is 1.03 bits per heavy atom. The van der Waals surface area contributed by atoms with Crippen LogP contribution in [-0.4, -0.2) is 32.5 Å². The molecule has 0 fully saturated rings. The first-order valence-electron chi connectivity index (χ1n) is 11.2. The van der Waals surface area contributed by atoms with Crippen LogP contribution >= 0.6 is 12.2 Å². The second-order valence-electron chi connectivity index (χ2n) is 8.15. The molecule has 1 atom stereocenters. The van der Waals surface area contributed by atoms with Crippen molar-refractivity contribution in [2.75, 3.05) is 0 Å². The minimum atomic E-state index is -4.74. The van der Waals surface area contributed by atoms with Crippen molar-refractivity contribution >= 4 is 23.5 Å². The summed E-state index contributed by atoms with van der Waals surface area (Å²) in [5, 5.41) is 12.2. The highest BCUT2D eigenvalue weighted by atomic mass is 32.1. The summed E-state index contributed by atoms with van der Waals surface area (Å²) in [6.07, 6.45) is -1.61. The van der Waals surface area contributed by atoms with Gasteiger partial charge in [0.25, 0.3) is 0 Å². The van der Waals surface area contributed by atoms with Gasteiger partial charge in [0.05, 0.1) is 17.9 Å². The third kappa shape index (κ3) is 7.37. The molecule has 4 rings (SSSR count). The molecule has 4 aromatic rings. The number of aromatic nitrogens is 3. The topological polar surface area (TPSA) is 76.4 Å². The first-order chi connectivity index (χ1) is 17.7. The number of alkyl halides is 3. The molecule has 7 nitrogen and oxygen atoms in total. The summed E-state index contributed by atoms with van der Waals surface area (Å²) >= 11 is 5.32. The van der Waals surface area contributed by atoms with Gasteiger partial charge in [-0.15, -0.1) is 18.3 Å². The highest BCUT2D eigenvalue weighted by Crippen LogP contribution is 2.24. The lowest BCUT2D eigenvalue weighted by atomic mass is 10.1. The maximum absolute atomic E-state index is 12.3. The smallest absolute Gasteiger partial charge is 0.406 e. The number of thiocarbonyl (C=S) groups is 1. The molecule has 190 valence electrons. The Hall–Kier alpha value is -4.25. The molecule has 0 saturated heterocycles. The Bertz CT molecular complexity index is 1370. The van der Waals surface area contributed by atoms with Gasteiger partial charge >= 0.3 is 6.36 Å². The maximum Gasteiger partial charge on any atom is 0.573 e. The lowest BCUT2D eigenvalue weighted by Gasteiger charge is -2.15. The summed E-state index contributed by atoms with van der Waals surface area (Å²) in [6, 6.07) is 21.0. The second kappa shape index (κ2) is 11.2. The Morgan fingerprint density at radius 3 is 2.35 bits per heavy atom. The molecular weight excluding hydrogens is 501 g/mol. The number of hydrazone groups is 1. The molecule has 1 aromatic heterocycles. The van der Waals surface area contributed by atoms with Crippen LogP contribution in [0.4, 0.5) is 13.2 Å². The highest BCUT2D eigenvalue weighted by molar-refractivity contribution is 7.80. The van der Waals surface area contributed by atoms with Crippen LogP contribution in [0.25, 0.3) is 17.1 Å². The zero-order chi connectivity index (χ0) is 26.4. The summed E-state index contributed by atoms with van der Waals surface area (Å²) < 4.78 is 42.4. The summed E-state index contributed by atoms with van der Waals surface area (Å²) in [6.45, 7) is 4.06. The molecule has 0 aliphatic rings. The predicted molar refractivity (Wildman–Crippen MR) is 140 cm³/mol. The van der Waals surface area contributed by atoms with Gasteiger partial charge in [0.15, 0.2) is 10.9 Å². The van der Waals surface area contributed by atoms with Crippen LogP contribution in [0.5, 0.6) is 5.75 Å². The molecule has 0 aliphatic heterocycles. The van der Waals surface area contributed by atoms with E-state index in [-0.39, 0.29) is 11.8 Å². The quantitative estimate of drug-likeness (QED) is 0.184. The normalized spacial score (nSPS) is 12.4. The number of hydrogen-bond donors (Lipinski definition) is 2. The number of nitrogens with zero attached hydrogens (tertiary/aromatic N) is 4. The van der Waals surface area contributed by atoms with E-state index in [1.54, 1.807) is 6.21 Å². The minimum absolute atomic E-state index is 0.0357. The van der Waals surface area contributed by atoms with E-state index in [1.807, 2.05) is 38.1 Å². The van der Waals surface area contributed by atoms with E-state index in [1.165, 1.54) is 40.8 Å². The van der Waals surface area contributed by atoms with E-state index >= 15 is 0 Å². The molecule has 37 heavy (non-hydrogen) atoms. The fourth-order valence-corrected chi connectivity index (χ4v) is 3.60. The van der Waals surface area contributed by atoms with Crippen LogP contribution in [0.15, 0.2) is 84.2 Å². The van der Waals surface area contributed by atoms with Crippen molar-refractivity contribution in [1.82, 2.24) is 25.5 Å². The second-order valence-corrected chi connectivity index (χ2v) is 8.56. The molecular formula is C26H23F3N6OS. The largest absolute Gasteiger partial charge is 0.573 e. The van der Waals surface area contributed by atoms with Crippen molar-refractivity contribution in [3.05, 3.63) is 95.8 Å². The first kappa shape index (κ1) is 25.8. The van der Waals surface area contributed by atoms with Crippen LogP contribution in [0, 0.1) is 6.92 Å². The van der Waals surface area contributed by atoms with Crippen molar-refractivity contribution in [2.45, 2.75) is 26.3 Å². The van der Waals surface area contributed by atoms with Gasteiger partial charge in [-0.25, -0.2) is 9.67 Å². The van der Waals surface area contributed by atoms with Crippen molar-refractivity contribution in [3.8, 4) is 22.8 Å². The Balaban J connectivity index is 1.32. The minimum Gasteiger partial charge on any atom is -0.406 e. The average molecular weight is 525 g/mol. The Kier molecular flexibility index (Phi) is 7.83. The van der Waals surface area contributed by atoms with Crippen molar-refractivity contribution in [3.63, 3.8) is 0 Å². The van der Waals surface area contributed by atoms with Crippen LogP contribution in [0.2, 0.25) is 0 Å². The first-order valence-corrected chi connectivity index (χ1v) is 11.6. The van der Waals surface area contributed by atoms with E-state index in [0.717, 1.165) is 16.7 Å². The average Bonchev–Trinajstić information content (AvgIpc) is 3.35. The molecule has 0 saturated carbocycles. The number of rotatable bonds is 7. The monoisotopic (exact) mass is 524 g/mol. The van der Waals surface area contributed by atoms with Gasteiger partial charge in [0.2, 0.25) is 0 Å². The van der Waals surface area contributed by atoms with Crippen LogP contribution < -0.4 is 15.5 Å². The maximum atomic E-state index is 12.3. The molecule has 0 bridgehead atoms. The number of ether oxygens (including phenoxy) is 1. The van der Waals surface area contributed by atoms with Gasteiger partial charge in [-0.05, 0) is 61.5 Å². The van der Waals surface area contributed by atoms with Crippen LogP contribution in [-0.2, 0) is 0 Å². The molecule has 11 heteroatoms. The van der Waals surface area contributed by atoms with Gasteiger partial charge in [-0.3, -0.25) is 5.43 Å². The number of hydrogen-bond acceptors (Lipinski definition) is 5. The van der Waals surface area contributed by atoms with E-state index in [2.05, 4.69) is 54.9 Å². The molecule has 2 N–H and O–H groups in total. The van der Waals surface area contributed by atoms with Crippen LogP contribution in [0.3, 0.4) is 0 Å². The number of benzene rings is 3. The Labute approximate surface area is 217 Å². The van der Waals surface area contributed by atoms with Crippen molar-refractivity contribution in [1.29, 1.82) is 0 Å². The number of aryl methyl sites for hydroxylation is 1. The molecule has 1 unspecified atom stereocenters. The SMILES string of the molecule is Cc1ccc(C(C)NC(=S)N/N=C/c2ccc(-c3ncn(-c4ccc(OC(F)(F)F)cc4)n3)cc2)cc1. The summed E-state index contributed by atoms with van der Waals surface area (Å²) in [4.78, 5) is 4.29. The van der Waals surface area contributed by atoms with Crippen molar-refractivity contribution < 1.29 is 17.9 Å². The van der Waals surface area contributed by atoms with Gasteiger partial charge in [-0.1, -0.05) is 54.1 Å². The zero-order valence-electron chi connectivity index (χ0n) is 19.9. The lowest BCUT2D eigenvalue weighted by molar-refractivity contribution is -0.274. The summed E-state index contributed by atoms with van der Waals surface area (Å²) in [5.74, 6) is 0.161.